The first-order valence-electron chi connectivity index (χ1n) is 6.09. The highest BCUT2D eigenvalue weighted by Crippen LogP contribution is 2.25. The van der Waals surface area contributed by atoms with E-state index in [0.29, 0.717) is 0 Å². The van der Waals surface area contributed by atoms with Gasteiger partial charge in [-0.3, -0.25) is 0 Å². The van der Waals surface area contributed by atoms with Crippen LogP contribution in [0.1, 0.15) is 0 Å². The van der Waals surface area contributed by atoms with Crippen LogP contribution in [0.2, 0.25) is 5.02 Å². The van der Waals surface area contributed by atoms with Gasteiger partial charge in [0.1, 0.15) is 11.5 Å². The molecule has 6 nitrogen and oxygen atoms in total. The smallest absolute Gasteiger partial charge is 0.175 e. The number of phenols is 2. The number of hydrogen-bond donors (Lipinski definition) is 2. The minimum atomic E-state index is -3.24. The van der Waals surface area contributed by atoms with E-state index in [2.05, 4.69) is 0 Å². The number of phenolic OH excluding ortho intramolecular Hbond substituents is 2. The molecule has 0 heterocycles. The summed E-state index contributed by atoms with van der Waals surface area (Å²) in [6, 6.07) is 9.18. The maximum absolute atomic E-state index is 11.0. The van der Waals surface area contributed by atoms with Gasteiger partial charge in [-0.1, -0.05) is 11.6 Å². The number of rotatable bonds is 2. The van der Waals surface area contributed by atoms with Gasteiger partial charge in [-0.2, -0.15) is 0 Å². The molecule has 2 rings (SSSR count). The molecule has 126 valence electrons. The standard InChI is InChI=1S/C7H7ClO3S.C7H8O3S/c1-12(10,11)5-2-3-7(9)6(8)4-5;1-11(9,10)7-4-2-6(8)3-5-7/h2-4,9H,1H3;2-5,8H,1H3. The van der Waals surface area contributed by atoms with Crippen LogP contribution in [0, 0.1) is 0 Å². The Kier molecular flexibility index (Phi) is 6.04. The van der Waals surface area contributed by atoms with Gasteiger partial charge in [-0.15, -0.1) is 0 Å². The van der Waals surface area contributed by atoms with Gasteiger partial charge >= 0.3 is 0 Å². The average Bonchev–Trinajstić information content (AvgIpc) is 2.41. The lowest BCUT2D eigenvalue weighted by Gasteiger charge is -1.99. The molecule has 0 spiro atoms. The fourth-order valence-electron chi connectivity index (χ4n) is 1.41. The second-order valence-corrected chi connectivity index (χ2v) is 9.09. The van der Waals surface area contributed by atoms with Crippen LogP contribution in [0.4, 0.5) is 0 Å². The molecule has 2 N–H and O–H groups in total. The molecular formula is C14H15ClO6S2. The molecule has 2 aromatic rings. The van der Waals surface area contributed by atoms with Gasteiger partial charge in [-0.25, -0.2) is 16.8 Å². The van der Waals surface area contributed by atoms with Crippen molar-refractivity contribution < 1.29 is 27.0 Å². The highest BCUT2D eigenvalue weighted by molar-refractivity contribution is 7.91. The lowest BCUT2D eigenvalue weighted by atomic mass is 10.3. The van der Waals surface area contributed by atoms with Gasteiger partial charge in [0.05, 0.1) is 14.8 Å². The number of sulfone groups is 2. The Morgan fingerprint density at radius 1 is 0.783 bits per heavy atom. The SMILES string of the molecule is CS(=O)(=O)c1ccc(O)c(Cl)c1.CS(=O)(=O)c1ccc(O)cc1. The van der Waals surface area contributed by atoms with E-state index in [1.807, 2.05) is 0 Å². The van der Waals surface area contributed by atoms with Gasteiger partial charge in [0, 0.05) is 12.5 Å². The first kappa shape index (κ1) is 19.3. The fraction of sp³-hybridized carbons (Fsp3) is 0.143. The Morgan fingerprint density at radius 2 is 1.22 bits per heavy atom. The second-order valence-electron chi connectivity index (χ2n) is 4.65. The Labute approximate surface area is 139 Å². The number of hydrogen-bond acceptors (Lipinski definition) is 6. The highest BCUT2D eigenvalue weighted by Gasteiger charge is 2.08. The molecule has 0 aromatic heterocycles. The largest absolute Gasteiger partial charge is 0.508 e. The normalized spacial score (nSPS) is 11.4. The summed E-state index contributed by atoms with van der Waals surface area (Å²) in [6.07, 6.45) is 2.20. The zero-order chi connectivity index (χ0) is 17.8. The summed E-state index contributed by atoms with van der Waals surface area (Å²) in [7, 11) is -6.37. The van der Waals surface area contributed by atoms with Crippen LogP contribution in [0.5, 0.6) is 11.5 Å². The fourth-order valence-corrected chi connectivity index (χ4v) is 2.93. The quantitative estimate of drug-likeness (QED) is 0.829. The van der Waals surface area contributed by atoms with Gasteiger partial charge in [0.25, 0.3) is 0 Å². The van der Waals surface area contributed by atoms with Crippen LogP contribution in [0.25, 0.3) is 0 Å². The molecule has 0 saturated carbocycles. The topological polar surface area (TPSA) is 109 Å². The van der Waals surface area contributed by atoms with Crippen molar-refractivity contribution in [2.45, 2.75) is 9.79 Å². The van der Waals surface area contributed by atoms with E-state index in [-0.39, 0.29) is 26.3 Å². The highest BCUT2D eigenvalue weighted by atomic mass is 35.5. The van der Waals surface area contributed by atoms with Gasteiger partial charge in [0.2, 0.25) is 0 Å². The van der Waals surface area contributed by atoms with Gasteiger partial charge in [-0.05, 0) is 42.5 Å². The molecule has 0 fully saturated rings. The minimum Gasteiger partial charge on any atom is -0.508 e. The molecule has 0 atom stereocenters. The zero-order valence-corrected chi connectivity index (χ0v) is 14.7. The molecule has 23 heavy (non-hydrogen) atoms. The zero-order valence-electron chi connectivity index (χ0n) is 12.3. The lowest BCUT2D eigenvalue weighted by Crippen LogP contribution is -1.95. The number of halogens is 1. The van der Waals surface area contributed by atoms with Crippen molar-refractivity contribution in [3.05, 3.63) is 47.5 Å². The van der Waals surface area contributed by atoms with Crippen molar-refractivity contribution in [3.63, 3.8) is 0 Å². The van der Waals surface area contributed by atoms with E-state index in [0.717, 1.165) is 12.5 Å². The van der Waals surface area contributed by atoms with E-state index >= 15 is 0 Å². The monoisotopic (exact) mass is 378 g/mol. The Morgan fingerprint density at radius 3 is 1.61 bits per heavy atom. The Bertz CT molecular complexity index is 887. The number of benzene rings is 2. The van der Waals surface area contributed by atoms with E-state index in [1.54, 1.807) is 0 Å². The van der Waals surface area contributed by atoms with Crippen molar-refractivity contribution in [2.75, 3.05) is 12.5 Å². The molecule has 0 aliphatic rings. The van der Waals surface area contributed by atoms with E-state index in [9.17, 15) is 16.8 Å². The third-order valence-electron chi connectivity index (χ3n) is 2.61. The van der Waals surface area contributed by atoms with Crippen LogP contribution < -0.4 is 0 Å². The maximum atomic E-state index is 11.0. The molecular weight excluding hydrogens is 364 g/mol. The Balaban J connectivity index is 0.000000231. The van der Waals surface area contributed by atoms with Gasteiger partial charge < -0.3 is 10.2 Å². The van der Waals surface area contributed by atoms with Crippen LogP contribution in [-0.2, 0) is 19.7 Å². The summed E-state index contributed by atoms with van der Waals surface area (Å²) >= 11 is 5.51. The predicted molar refractivity (Wildman–Crippen MR) is 87.4 cm³/mol. The summed E-state index contributed by atoms with van der Waals surface area (Å²) in [5, 5.41) is 17.8. The van der Waals surface area contributed by atoms with E-state index in [4.69, 9.17) is 21.8 Å². The lowest BCUT2D eigenvalue weighted by molar-refractivity contribution is 0.474. The summed E-state index contributed by atoms with van der Waals surface area (Å²) < 4.78 is 43.6. The van der Waals surface area contributed by atoms with Gasteiger partial charge in [0.15, 0.2) is 19.7 Å². The summed E-state index contributed by atoms with van der Waals surface area (Å²) in [5.74, 6) is -0.0542. The summed E-state index contributed by atoms with van der Waals surface area (Å²) in [4.78, 5) is 0.320. The van der Waals surface area contributed by atoms with Crippen LogP contribution in [0.15, 0.2) is 52.3 Å². The molecule has 0 aliphatic heterocycles. The first-order chi connectivity index (χ1) is 10.4. The Hall–Kier alpha value is -1.77. The summed E-state index contributed by atoms with van der Waals surface area (Å²) in [6.45, 7) is 0. The molecule has 2 aromatic carbocycles. The van der Waals surface area contributed by atoms with Crippen molar-refractivity contribution in [3.8, 4) is 11.5 Å². The van der Waals surface area contributed by atoms with Crippen molar-refractivity contribution in [2.24, 2.45) is 0 Å². The minimum absolute atomic E-state index is 0.0397. The summed E-state index contributed by atoms with van der Waals surface area (Å²) in [5.41, 5.74) is 0. The average molecular weight is 379 g/mol. The molecule has 0 radical (unpaired) electrons. The molecule has 0 unspecified atom stereocenters. The maximum Gasteiger partial charge on any atom is 0.175 e. The molecule has 9 heteroatoms. The van der Waals surface area contributed by atoms with Crippen LogP contribution in [0.3, 0.4) is 0 Å². The first-order valence-corrected chi connectivity index (χ1v) is 10.2. The molecule has 0 bridgehead atoms. The third-order valence-corrected chi connectivity index (χ3v) is 5.15. The van der Waals surface area contributed by atoms with E-state index in [1.165, 1.54) is 42.5 Å². The van der Waals surface area contributed by atoms with Crippen molar-refractivity contribution >= 4 is 31.3 Å². The third kappa shape index (κ3) is 6.09. The van der Waals surface area contributed by atoms with Crippen LogP contribution in [-0.4, -0.2) is 39.6 Å². The molecule has 0 amide bonds. The van der Waals surface area contributed by atoms with Crippen molar-refractivity contribution in [1.82, 2.24) is 0 Å². The molecule has 0 aliphatic carbocycles. The molecule has 0 saturated heterocycles. The predicted octanol–water partition coefficient (Wildman–Crippen LogP) is 2.24. The van der Waals surface area contributed by atoms with Crippen LogP contribution >= 0.6 is 11.6 Å². The number of aromatic hydroxyl groups is 2. The van der Waals surface area contributed by atoms with E-state index < -0.39 is 19.7 Å². The van der Waals surface area contributed by atoms with Crippen molar-refractivity contribution in [1.29, 1.82) is 0 Å². The second kappa shape index (κ2) is 7.20.